The van der Waals surface area contributed by atoms with Gasteiger partial charge < -0.3 is 19.5 Å². The molecule has 6 nitrogen and oxygen atoms in total. The zero-order valence-electron chi connectivity index (χ0n) is 18.1. The van der Waals surface area contributed by atoms with Crippen molar-refractivity contribution in [2.45, 2.75) is 33.2 Å². The summed E-state index contributed by atoms with van der Waals surface area (Å²) in [6, 6.07) is 11.8. The monoisotopic (exact) mass is 400 g/mol. The van der Waals surface area contributed by atoms with Crippen LogP contribution in [0.2, 0.25) is 0 Å². The maximum atomic E-state index is 12.5. The van der Waals surface area contributed by atoms with Crippen molar-refractivity contribution in [3.8, 4) is 17.2 Å². The van der Waals surface area contributed by atoms with Crippen LogP contribution in [0.4, 0.5) is 5.69 Å². The minimum atomic E-state index is -0.0289. The molecule has 6 heteroatoms. The minimum Gasteiger partial charge on any atom is -0.493 e. The van der Waals surface area contributed by atoms with E-state index in [1.165, 1.54) is 5.56 Å². The van der Waals surface area contributed by atoms with E-state index in [1.807, 2.05) is 30.3 Å². The lowest BCUT2D eigenvalue weighted by Gasteiger charge is -2.18. The second-order valence-electron chi connectivity index (χ2n) is 6.74. The number of anilines is 1. The highest BCUT2D eigenvalue weighted by molar-refractivity contribution is 5.90. The van der Waals surface area contributed by atoms with Crippen molar-refractivity contribution in [3.63, 3.8) is 0 Å². The topological polar surface area (TPSA) is 60.0 Å². The van der Waals surface area contributed by atoms with Gasteiger partial charge in [-0.05, 0) is 54.9 Å². The van der Waals surface area contributed by atoms with Crippen LogP contribution in [0.5, 0.6) is 17.2 Å². The molecule has 0 saturated heterocycles. The van der Waals surface area contributed by atoms with E-state index in [1.54, 1.807) is 21.3 Å². The second kappa shape index (κ2) is 11.3. The first kappa shape index (κ1) is 22.6. The number of nitrogens with one attached hydrogen (secondary N) is 1. The average Bonchev–Trinajstić information content (AvgIpc) is 2.75. The number of carbonyl (C=O) groups is 1. The Morgan fingerprint density at radius 2 is 1.59 bits per heavy atom. The third-order valence-electron chi connectivity index (χ3n) is 4.88. The summed E-state index contributed by atoms with van der Waals surface area (Å²) >= 11 is 0. The molecule has 0 heterocycles. The summed E-state index contributed by atoms with van der Waals surface area (Å²) in [6.45, 7) is 7.18. The Hall–Kier alpha value is -2.73. The lowest BCUT2D eigenvalue weighted by atomic mass is 10.1. The molecule has 2 aromatic carbocycles. The Labute approximate surface area is 173 Å². The molecule has 0 fully saturated rings. The molecule has 158 valence electrons. The molecule has 0 aliphatic rings. The summed E-state index contributed by atoms with van der Waals surface area (Å²) in [5.41, 5.74) is 2.96. The Morgan fingerprint density at radius 1 is 0.931 bits per heavy atom. The molecular weight excluding hydrogens is 368 g/mol. The lowest BCUT2D eigenvalue weighted by molar-refractivity contribution is -0.116. The number of methoxy groups -OCH3 is 3. The van der Waals surface area contributed by atoms with E-state index >= 15 is 0 Å². The molecule has 0 radical (unpaired) electrons. The molecular formula is C23H32N2O4. The third kappa shape index (κ3) is 6.39. The number of nitrogens with zero attached hydrogens (tertiary/aromatic N) is 1. The molecule has 0 saturated carbocycles. The van der Waals surface area contributed by atoms with Crippen molar-refractivity contribution in [2.24, 2.45) is 0 Å². The smallest absolute Gasteiger partial charge is 0.224 e. The first-order chi connectivity index (χ1) is 14.0. The maximum absolute atomic E-state index is 12.5. The summed E-state index contributed by atoms with van der Waals surface area (Å²) in [5, 5.41) is 3.00. The number of benzene rings is 2. The van der Waals surface area contributed by atoms with Gasteiger partial charge in [-0.1, -0.05) is 26.0 Å². The summed E-state index contributed by atoms with van der Waals surface area (Å²) in [4.78, 5) is 14.8. The van der Waals surface area contributed by atoms with Crippen LogP contribution in [0.25, 0.3) is 0 Å². The molecule has 1 N–H and O–H groups in total. The summed E-state index contributed by atoms with van der Waals surface area (Å²) in [7, 11) is 4.74. The Balaban J connectivity index is 2.00. The van der Waals surface area contributed by atoms with E-state index < -0.39 is 0 Å². The zero-order chi connectivity index (χ0) is 21.2. The van der Waals surface area contributed by atoms with E-state index in [9.17, 15) is 4.79 Å². The van der Waals surface area contributed by atoms with Gasteiger partial charge in [0.25, 0.3) is 0 Å². The van der Waals surface area contributed by atoms with Crippen LogP contribution in [0, 0.1) is 0 Å². The Kier molecular flexibility index (Phi) is 8.80. The molecule has 0 aliphatic carbocycles. The number of carbonyl (C=O) groups excluding carboxylic acids is 1. The van der Waals surface area contributed by atoms with Crippen LogP contribution in [0.3, 0.4) is 0 Å². The zero-order valence-corrected chi connectivity index (χ0v) is 18.1. The standard InChI is InChI=1S/C23H32N2O4/c1-6-25(7-2)16-18-9-8-10-19(13-18)24-22(26)12-11-17-14-20(27-3)23(29-5)21(15-17)28-4/h8-10,13-15H,6-7,11-12,16H2,1-5H3,(H,24,26). The third-order valence-corrected chi connectivity index (χ3v) is 4.88. The molecule has 2 aromatic rings. The van der Waals surface area contributed by atoms with E-state index in [4.69, 9.17) is 14.2 Å². The number of hydrogen-bond acceptors (Lipinski definition) is 5. The van der Waals surface area contributed by atoms with Crippen molar-refractivity contribution in [1.29, 1.82) is 0 Å². The molecule has 29 heavy (non-hydrogen) atoms. The summed E-state index contributed by atoms with van der Waals surface area (Å²) < 4.78 is 16.1. The molecule has 0 aromatic heterocycles. The number of hydrogen-bond donors (Lipinski definition) is 1. The van der Waals surface area contributed by atoms with Crippen LogP contribution in [-0.4, -0.2) is 45.2 Å². The van der Waals surface area contributed by atoms with Gasteiger partial charge in [0, 0.05) is 18.7 Å². The van der Waals surface area contributed by atoms with Gasteiger partial charge in [0.05, 0.1) is 21.3 Å². The van der Waals surface area contributed by atoms with Crippen LogP contribution >= 0.6 is 0 Å². The predicted molar refractivity (Wildman–Crippen MR) is 116 cm³/mol. The normalized spacial score (nSPS) is 10.7. The van der Waals surface area contributed by atoms with Crippen molar-refractivity contribution >= 4 is 11.6 Å². The SMILES string of the molecule is CCN(CC)Cc1cccc(NC(=O)CCc2cc(OC)c(OC)c(OC)c2)c1. The van der Waals surface area contributed by atoms with Crippen molar-refractivity contribution in [1.82, 2.24) is 4.90 Å². The van der Waals surface area contributed by atoms with Gasteiger partial charge in [-0.2, -0.15) is 0 Å². The van der Waals surface area contributed by atoms with Crippen LogP contribution in [0.1, 0.15) is 31.4 Å². The minimum absolute atomic E-state index is 0.0289. The number of amides is 1. The van der Waals surface area contributed by atoms with Gasteiger partial charge >= 0.3 is 0 Å². The number of ether oxygens (including phenoxy) is 3. The van der Waals surface area contributed by atoms with E-state index in [0.29, 0.717) is 30.1 Å². The highest BCUT2D eigenvalue weighted by Gasteiger charge is 2.14. The highest BCUT2D eigenvalue weighted by Crippen LogP contribution is 2.38. The van der Waals surface area contributed by atoms with Gasteiger partial charge in [-0.25, -0.2) is 0 Å². The fourth-order valence-electron chi connectivity index (χ4n) is 3.21. The van der Waals surface area contributed by atoms with E-state index in [0.717, 1.165) is 30.9 Å². The quantitative estimate of drug-likeness (QED) is 0.615. The van der Waals surface area contributed by atoms with Crippen LogP contribution in [-0.2, 0) is 17.8 Å². The molecule has 0 spiro atoms. The fourth-order valence-corrected chi connectivity index (χ4v) is 3.21. The first-order valence-electron chi connectivity index (χ1n) is 9.94. The van der Waals surface area contributed by atoms with E-state index in [2.05, 4.69) is 30.1 Å². The molecule has 0 aliphatic heterocycles. The van der Waals surface area contributed by atoms with Crippen molar-refractivity contribution in [3.05, 3.63) is 47.5 Å². The molecule has 0 unspecified atom stereocenters. The molecule has 2 rings (SSSR count). The Bertz CT molecular complexity index is 778. The predicted octanol–water partition coefficient (Wildman–Crippen LogP) is 4.13. The fraction of sp³-hybridized carbons (Fsp3) is 0.435. The van der Waals surface area contributed by atoms with Crippen molar-refractivity contribution < 1.29 is 19.0 Å². The molecule has 1 amide bonds. The Morgan fingerprint density at radius 3 is 2.14 bits per heavy atom. The maximum Gasteiger partial charge on any atom is 0.224 e. The number of aryl methyl sites for hydroxylation is 1. The summed E-state index contributed by atoms with van der Waals surface area (Å²) in [5.74, 6) is 1.70. The van der Waals surface area contributed by atoms with Gasteiger partial charge in [0.2, 0.25) is 11.7 Å². The largest absolute Gasteiger partial charge is 0.493 e. The van der Waals surface area contributed by atoms with Gasteiger partial charge in [-0.3, -0.25) is 9.69 Å². The van der Waals surface area contributed by atoms with Gasteiger partial charge in [0.1, 0.15) is 0 Å². The molecule has 0 atom stereocenters. The van der Waals surface area contributed by atoms with Crippen LogP contribution in [0.15, 0.2) is 36.4 Å². The second-order valence-corrected chi connectivity index (χ2v) is 6.74. The summed E-state index contributed by atoms with van der Waals surface area (Å²) in [6.07, 6.45) is 0.931. The molecule has 0 bridgehead atoms. The number of rotatable bonds is 11. The van der Waals surface area contributed by atoms with E-state index in [-0.39, 0.29) is 5.91 Å². The average molecular weight is 401 g/mol. The van der Waals surface area contributed by atoms with Crippen molar-refractivity contribution in [2.75, 3.05) is 39.7 Å². The lowest BCUT2D eigenvalue weighted by Crippen LogP contribution is -2.22. The first-order valence-corrected chi connectivity index (χ1v) is 9.94. The van der Waals surface area contributed by atoms with Crippen LogP contribution < -0.4 is 19.5 Å². The van der Waals surface area contributed by atoms with Gasteiger partial charge in [0.15, 0.2) is 11.5 Å². The van der Waals surface area contributed by atoms with Gasteiger partial charge in [-0.15, -0.1) is 0 Å². The highest BCUT2D eigenvalue weighted by atomic mass is 16.5.